The summed E-state index contributed by atoms with van der Waals surface area (Å²) in [5.74, 6) is 0.226. The zero-order chi connectivity index (χ0) is 25.3. The average molecular weight is 505 g/mol. The van der Waals surface area contributed by atoms with Crippen LogP contribution in [0.4, 0.5) is 0 Å². The lowest BCUT2D eigenvalue weighted by Gasteiger charge is -2.57. The van der Waals surface area contributed by atoms with Crippen LogP contribution >= 0.6 is 0 Å². The molecule has 190 valence electrons. The number of aryl methyl sites for hydroxylation is 2. The van der Waals surface area contributed by atoms with Crippen molar-refractivity contribution in [3.05, 3.63) is 89.5 Å². The molecule has 0 saturated carbocycles. The van der Waals surface area contributed by atoms with E-state index >= 15 is 0 Å². The van der Waals surface area contributed by atoms with Crippen molar-refractivity contribution >= 4 is 10.0 Å². The number of ether oxygens (including phenoxy) is 1. The molecule has 0 aliphatic carbocycles. The first kappa shape index (κ1) is 25.2. The van der Waals surface area contributed by atoms with E-state index < -0.39 is 10.0 Å². The highest BCUT2D eigenvalue weighted by Gasteiger charge is 2.50. The molecule has 0 bridgehead atoms. The van der Waals surface area contributed by atoms with Gasteiger partial charge in [-0.25, -0.2) is 8.42 Å². The molecule has 3 aromatic carbocycles. The summed E-state index contributed by atoms with van der Waals surface area (Å²) in [6.45, 7) is 6.68. The van der Waals surface area contributed by atoms with E-state index in [-0.39, 0.29) is 18.0 Å². The van der Waals surface area contributed by atoms with Gasteiger partial charge in [-0.1, -0.05) is 72.3 Å². The first-order valence-electron chi connectivity index (χ1n) is 12.9. The topological polar surface area (TPSA) is 49.9 Å². The number of hydrogen-bond donors (Lipinski definition) is 0. The van der Waals surface area contributed by atoms with E-state index in [0.29, 0.717) is 24.6 Å². The van der Waals surface area contributed by atoms with Gasteiger partial charge in [0.2, 0.25) is 10.0 Å². The molecule has 3 atom stereocenters. The third-order valence-electron chi connectivity index (χ3n) is 7.84. The van der Waals surface area contributed by atoms with Gasteiger partial charge in [0.1, 0.15) is 0 Å². The minimum absolute atomic E-state index is 0.133. The molecule has 5 nitrogen and oxygen atoms in total. The molecular weight excluding hydrogens is 468 g/mol. The summed E-state index contributed by atoms with van der Waals surface area (Å²) in [5, 5.41) is 0. The first-order chi connectivity index (χ1) is 17.4. The largest absolute Gasteiger partial charge is 0.383 e. The Kier molecular flexibility index (Phi) is 7.31. The van der Waals surface area contributed by atoms with Crippen LogP contribution in [-0.2, 0) is 14.8 Å². The predicted molar refractivity (Wildman–Crippen MR) is 145 cm³/mol. The molecule has 2 heterocycles. The minimum atomic E-state index is -3.56. The van der Waals surface area contributed by atoms with Gasteiger partial charge in [-0.05, 0) is 61.6 Å². The molecule has 6 heteroatoms. The number of nitrogens with zero attached hydrogens (tertiary/aromatic N) is 2. The van der Waals surface area contributed by atoms with E-state index in [2.05, 4.69) is 60.4 Å². The SMILES string of the molecule is COCC1C(c2ccc(-c3cccc(C)c3)cc2)[C@@H]2CN(S(=O)(=O)c3ccccc3C)CCCCN12. The lowest BCUT2D eigenvalue weighted by molar-refractivity contribution is -0.0635. The van der Waals surface area contributed by atoms with Gasteiger partial charge in [-0.3, -0.25) is 4.90 Å². The van der Waals surface area contributed by atoms with E-state index in [1.165, 1.54) is 22.3 Å². The highest BCUT2D eigenvalue weighted by atomic mass is 32.2. The standard InChI is InChI=1S/C30H36N2O3S/c1-22-9-8-11-26(19-22)24-13-15-25(16-14-24)30-27-20-31(17-6-7-18-32(27)28(30)21-35-3)36(33,34)29-12-5-4-10-23(29)2/h4-5,8-16,19,27-28,30H,6-7,17-18,20-21H2,1-3H3/t27-,28?,30?/m0/s1. The van der Waals surface area contributed by atoms with Crippen molar-refractivity contribution in [3.8, 4) is 11.1 Å². The second-order valence-electron chi connectivity index (χ2n) is 10.2. The fourth-order valence-electron chi connectivity index (χ4n) is 5.99. The smallest absolute Gasteiger partial charge is 0.243 e. The monoisotopic (exact) mass is 504 g/mol. The Morgan fingerprint density at radius 1 is 0.889 bits per heavy atom. The zero-order valence-electron chi connectivity index (χ0n) is 21.4. The summed E-state index contributed by atoms with van der Waals surface area (Å²) in [7, 11) is -1.81. The summed E-state index contributed by atoms with van der Waals surface area (Å²) < 4.78 is 34.8. The molecule has 3 aromatic rings. The number of sulfonamides is 1. The van der Waals surface area contributed by atoms with Crippen LogP contribution in [0.2, 0.25) is 0 Å². The Labute approximate surface area is 215 Å². The maximum Gasteiger partial charge on any atom is 0.243 e. The second-order valence-corrected chi connectivity index (χ2v) is 12.1. The molecule has 2 fully saturated rings. The highest BCUT2D eigenvalue weighted by Crippen LogP contribution is 2.43. The van der Waals surface area contributed by atoms with Gasteiger partial charge in [0.25, 0.3) is 0 Å². The lowest BCUT2D eigenvalue weighted by Crippen LogP contribution is -2.68. The predicted octanol–water partition coefficient (Wildman–Crippen LogP) is 5.24. The normalized spacial score (nSPS) is 23.4. The first-order valence-corrected chi connectivity index (χ1v) is 14.3. The van der Waals surface area contributed by atoms with Crippen molar-refractivity contribution < 1.29 is 13.2 Å². The third kappa shape index (κ3) is 4.75. The Bertz CT molecular complexity index is 1310. The number of fused-ring (bicyclic) bond motifs is 1. The Hall–Kier alpha value is -2.51. The zero-order valence-corrected chi connectivity index (χ0v) is 22.2. The summed E-state index contributed by atoms with van der Waals surface area (Å²) in [5.41, 5.74) is 5.71. The van der Waals surface area contributed by atoms with E-state index in [1.54, 1.807) is 17.5 Å². The van der Waals surface area contributed by atoms with Crippen LogP contribution < -0.4 is 0 Å². The molecule has 2 unspecified atom stereocenters. The van der Waals surface area contributed by atoms with E-state index in [0.717, 1.165) is 24.9 Å². The van der Waals surface area contributed by atoms with Crippen LogP contribution in [0, 0.1) is 13.8 Å². The quantitative estimate of drug-likeness (QED) is 0.461. The van der Waals surface area contributed by atoms with Crippen molar-refractivity contribution in [2.75, 3.05) is 33.4 Å². The van der Waals surface area contributed by atoms with E-state index in [4.69, 9.17) is 4.74 Å². The molecular formula is C30H36N2O3S. The van der Waals surface area contributed by atoms with Crippen LogP contribution in [0.1, 0.15) is 35.4 Å². The number of rotatable bonds is 6. The van der Waals surface area contributed by atoms with Crippen molar-refractivity contribution in [3.63, 3.8) is 0 Å². The minimum Gasteiger partial charge on any atom is -0.383 e. The van der Waals surface area contributed by atoms with Gasteiger partial charge in [-0.2, -0.15) is 4.31 Å². The van der Waals surface area contributed by atoms with Gasteiger partial charge >= 0.3 is 0 Å². The maximum absolute atomic E-state index is 13.7. The Balaban J connectivity index is 1.45. The molecule has 0 aromatic heterocycles. The summed E-state index contributed by atoms with van der Waals surface area (Å²) in [6.07, 6.45) is 1.85. The Morgan fingerprint density at radius 2 is 1.64 bits per heavy atom. The number of benzene rings is 3. The maximum atomic E-state index is 13.7. The third-order valence-corrected chi connectivity index (χ3v) is 9.87. The molecule has 5 rings (SSSR count). The van der Waals surface area contributed by atoms with Crippen LogP contribution in [-0.4, -0.2) is 63.1 Å². The van der Waals surface area contributed by atoms with Crippen molar-refractivity contribution in [2.24, 2.45) is 0 Å². The fourth-order valence-corrected chi connectivity index (χ4v) is 7.71. The summed E-state index contributed by atoms with van der Waals surface area (Å²) in [6, 6.07) is 25.1. The fraction of sp³-hybridized carbons (Fsp3) is 0.400. The van der Waals surface area contributed by atoms with Crippen LogP contribution in [0.5, 0.6) is 0 Å². The highest BCUT2D eigenvalue weighted by molar-refractivity contribution is 7.89. The van der Waals surface area contributed by atoms with Gasteiger partial charge in [0.05, 0.1) is 11.5 Å². The summed E-state index contributed by atoms with van der Waals surface area (Å²) >= 11 is 0. The average Bonchev–Trinajstić information content (AvgIpc) is 2.85. The molecule has 2 aliphatic heterocycles. The van der Waals surface area contributed by atoms with E-state index in [1.807, 2.05) is 25.1 Å². The molecule has 0 spiro atoms. The van der Waals surface area contributed by atoms with Gasteiger partial charge < -0.3 is 4.74 Å². The molecule has 36 heavy (non-hydrogen) atoms. The molecule has 2 saturated heterocycles. The summed E-state index contributed by atoms with van der Waals surface area (Å²) in [4.78, 5) is 2.89. The van der Waals surface area contributed by atoms with E-state index in [9.17, 15) is 8.42 Å². The van der Waals surface area contributed by atoms with Crippen LogP contribution in [0.3, 0.4) is 0 Å². The van der Waals surface area contributed by atoms with Crippen molar-refractivity contribution in [2.45, 2.75) is 49.6 Å². The van der Waals surface area contributed by atoms with Crippen molar-refractivity contribution in [1.82, 2.24) is 9.21 Å². The van der Waals surface area contributed by atoms with Gasteiger partial charge in [0.15, 0.2) is 0 Å². The van der Waals surface area contributed by atoms with Gasteiger partial charge in [-0.15, -0.1) is 0 Å². The Morgan fingerprint density at radius 3 is 2.36 bits per heavy atom. The molecule has 0 amide bonds. The molecule has 0 N–H and O–H groups in total. The van der Waals surface area contributed by atoms with Gasteiger partial charge in [0, 0.05) is 38.2 Å². The lowest BCUT2D eigenvalue weighted by atomic mass is 9.74. The van der Waals surface area contributed by atoms with Crippen LogP contribution in [0.25, 0.3) is 11.1 Å². The second kappa shape index (κ2) is 10.5. The number of methoxy groups -OCH3 is 1. The van der Waals surface area contributed by atoms with Crippen molar-refractivity contribution in [1.29, 1.82) is 0 Å². The molecule has 2 aliphatic rings. The van der Waals surface area contributed by atoms with Crippen LogP contribution in [0.15, 0.2) is 77.7 Å². The number of hydrogen-bond acceptors (Lipinski definition) is 4. The molecule has 0 radical (unpaired) electrons.